The average molecular weight is 452 g/mol. The Morgan fingerprint density at radius 2 is 1.38 bits per heavy atom. The smallest absolute Gasteiger partial charge is 0.194 e. The van der Waals surface area contributed by atoms with Crippen LogP contribution in [-0.2, 0) is 19.3 Å². The number of hydrogen-bond donors (Lipinski definition) is 0. The molecule has 1 aliphatic carbocycles. The van der Waals surface area contributed by atoms with Crippen LogP contribution < -0.4 is 0 Å². The first-order valence-electron chi connectivity index (χ1n) is 10.3. The van der Waals surface area contributed by atoms with E-state index < -0.39 is 57.8 Å². The first kappa shape index (κ1) is 22.4. The molecule has 0 radical (unpaired) electrons. The van der Waals surface area contributed by atoms with Crippen LogP contribution in [0.4, 0.5) is 30.7 Å². The van der Waals surface area contributed by atoms with Gasteiger partial charge in [-0.3, -0.25) is 0 Å². The molecule has 0 aromatic heterocycles. The molecule has 0 spiro atoms. The van der Waals surface area contributed by atoms with Crippen LogP contribution in [0.15, 0.2) is 30.3 Å². The van der Waals surface area contributed by atoms with Crippen molar-refractivity contribution >= 4 is 0 Å². The molecule has 0 amide bonds. The van der Waals surface area contributed by atoms with Gasteiger partial charge in [0, 0.05) is 5.56 Å². The summed E-state index contributed by atoms with van der Waals surface area (Å²) in [5.41, 5.74) is -0.345. The lowest BCUT2D eigenvalue weighted by Crippen LogP contribution is -2.18. The van der Waals surface area contributed by atoms with E-state index in [0.717, 1.165) is 12.5 Å². The van der Waals surface area contributed by atoms with Gasteiger partial charge in [-0.2, -0.15) is 0 Å². The van der Waals surface area contributed by atoms with Crippen molar-refractivity contribution in [2.45, 2.75) is 44.9 Å². The average Bonchev–Trinajstić information content (AvgIpc) is 2.71. The fourth-order valence-electron chi connectivity index (χ4n) is 4.52. The third-order valence-corrected chi connectivity index (χ3v) is 5.98. The summed E-state index contributed by atoms with van der Waals surface area (Å²) in [5.74, 6) is -8.93. The number of benzene rings is 3. The van der Waals surface area contributed by atoms with Crippen LogP contribution >= 0.6 is 0 Å². The summed E-state index contributed by atoms with van der Waals surface area (Å²) in [6, 6.07) is 4.65. The van der Waals surface area contributed by atoms with Gasteiger partial charge in [-0.25, -0.2) is 30.7 Å². The summed E-state index contributed by atoms with van der Waals surface area (Å²) in [4.78, 5) is 0. The Hall–Kier alpha value is -2.83. The molecule has 0 fully saturated rings. The normalized spacial score (nSPS) is 15.7. The van der Waals surface area contributed by atoms with Crippen molar-refractivity contribution < 1.29 is 30.7 Å². The van der Waals surface area contributed by atoms with E-state index in [-0.39, 0.29) is 36.0 Å². The Labute approximate surface area is 180 Å². The minimum absolute atomic E-state index is 0.0105. The largest absolute Gasteiger partial charge is 0.207 e. The highest BCUT2D eigenvalue weighted by atomic mass is 19.2. The SMILES string of the molecule is CCCc1cc(F)c(C2CCc3c(cc(F)c(-c4cc(F)c(F)c(F)c4)c3F)C2)c(F)c1. The van der Waals surface area contributed by atoms with E-state index in [0.29, 0.717) is 24.1 Å². The molecule has 0 aliphatic heterocycles. The monoisotopic (exact) mass is 452 g/mol. The van der Waals surface area contributed by atoms with E-state index in [1.807, 2.05) is 6.92 Å². The quantitative estimate of drug-likeness (QED) is 0.283. The van der Waals surface area contributed by atoms with Crippen LogP contribution in [0.3, 0.4) is 0 Å². The fraction of sp³-hybridized carbons (Fsp3) is 0.280. The predicted molar refractivity (Wildman–Crippen MR) is 107 cm³/mol. The first-order valence-corrected chi connectivity index (χ1v) is 10.3. The van der Waals surface area contributed by atoms with E-state index in [4.69, 9.17) is 0 Å². The lowest BCUT2D eigenvalue weighted by atomic mass is 9.78. The van der Waals surface area contributed by atoms with Crippen LogP contribution in [0.25, 0.3) is 11.1 Å². The maximum Gasteiger partial charge on any atom is 0.194 e. The number of fused-ring (bicyclic) bond motifs is 1. The summed E-state index contributed by atoms with van der Waals surface area (Å²) in [6.45, 7) is 1.90. The lowest BCUT2D eigenvalue weighted by molar-refractivity contribution is 0.447. The molecule has 1 aliphatic rings. The molecule has 0 saturated heterocycles. The predicted octanol–water partition coefficient (Wildman–Crippen LogP) is 7.55. The highest BCUT2D eigenvalue weighted by molar-refractivity contribution is 5.67. The van der Waals surface area contributed by atoms with Gasteiger partial charge < -0.3 is 0 Å². The Bertz CT molecular complexity index is 1150. The molecule has 7 heteroatoms. The van der Waals surface area contributed by atoms with Gasteiger partial charge in [-0.15, -0.1) is 0 Å². The molecule has 4 rings (SSSR count). The molecular formula is C25H19F7. The molecular weight excluding hydrogens is 433 g/mol. The van der Waals surface area contributed by atoms with Gasteiger partial charge in [0.15, 0.2) is 17.5 Å². The van der Waals surface area contributed by atoms with Crippen molar-refractivity contribution in [3.05, 3.63) is 93.3 Å². The van der Waals surface area contributed by atoms with Crippen molar-refractivity contribution in [2.75, 3.05) is 0 Å². The van der Waals surface area contributed by atoms with Crippen molar-refractivity contribution in [1.82, 2.24) is 0 Å². The van der Waals surface area contributed by atoms with Crippen LogP contribution in [0, 0.1) is 40.7 Å². The maximum atomic E-state index is 15.2. The highest BCUT2D eigenvalue weighted by Crippen LogP contribution is 2.40. The molecule has 168 valence electrons. The Kier molecular flexibility index (Phi) is 6.01. The molecule has 1 atom stereocenters. The number of halogens is 7. The topological polar surface area (TPSA) is 0 Å². The summed E-state index contributed by atoms with van der Waals surface area (Å²) in [7, 11) is 0. The zero-order valence-electron chi connectivity index (χ0n) is 17.1. The van der Waals surface area contributed by atoms with Gasteiger partial charge in [0.25, 0.3) is 0 Å². The van der Waals surface area contributed by atoms with Gasteiger partial charge in [-0.05, 0) is 84.2 Å². The third-order valence-electron chi connectivity index (χ3n) is 5.98. The third kappa shape index (κ3) is 3.89. The molecule has 1 unspecified atom stereocenters. The number of rotatable bonds is 4. The van der Waals surface area contributed by atoms with Crippen molar-refractivity contribution in [2.24, 2.45) is 0 Å². The molecule has 3 aromatic rings. The molecule has 0 N–H and O–H groups in total. The van der Waals surface area contributed by atoms with Crippen LogP contribution in [0.1, 0.15) is 47.9 Å². The second-order valence-corrected chi connectivity index (χ2v) is 8.10. The second kappa shape index (κ2) is 8.60. The minimum Gasteiger partial charge on any atom is -0.207 e. The molecule has 32 heavy (non-hydrogen) atoms. The van der Waals surface area contributed by atoms with Gasteiger partial charge >= 0.3 is 0 Å². The van der Waals surface area contributed by atoms with Gasteiger partial charge in [0.2, 0.25) is 0 Å². The molecule has 0 saturated carbocycles. The summed E-state index contributed by atoms with van der Waals surface area (Å²) in [5, 5.41) is 0. The van der Waals surface area contributed by atoms with Crippen molar-refractivity contribution in [1.29, 1.82) is 0 Å². The first-order chi connectivity index (χ1) is 15.2. The zero-order valence-corrected chi connectivity index (χ0v) is 17.1. The highest BCUT2D eigenvalue weighted by Gasteiger charge is 2.30. The summed E-state index contributed by atoms with van der Waals surface area (Å²) < 4.78 is 99.7. The summed E-state index contributed by atoms with van der Waals surface area (Å²) >= 11 is 0. The van der Waals surface area contributed by atoms with Crippen molar-refractivity contribution in [3.63, 3.8) is 0 Å². The second-order valence-electron chi connectivity index (χ2n) is 8.10. The van der Waals surface area contributed by atoms with Gasteiger partial charge in [-0.1, -0.05) is 13.3 Å². The Morgan fingerprint density at radius 1 is 0.750 bits per heavy atom. The standard InChI is InChI=1S/C25H19F7/c1-2-3-12-6-17(26)22(18(27)7-12)13-4-5-16-14(8-13)9-19(28)23(24(16)31)15-10-20(29)25(32)21(30)11-15/h6-7,9-11,13H,2-5,8H2,1H3. The molecule has 3 aromatic carbocycles. The van der Waals surface area contributed by atoms with Crippen LogP contribution in [-0.4, -0.2) is 0 Å². The fourth-order valence-corrected chi connectivity index (χ4v) is 4.52. The molecule has 0 nitrogen and oxygen atoms in total. The lowest BCUT2D eigenvalue weighted by Gasteiger charge is -2.27. The Morgan fingerprint density at radius 3 is 1.97 bits per heavy atom. The van der Waals surface area contributed by atoms with E-state index in [1.54, 1.807) is 0 Å². The molecule has 0 heterocycles. The summed E-state index contributed by atoms with van der Waals surface area (Å²) in [6.07, 6.45) is 1.54. The van der Waals surface area contributed by atoms with Crippen LogP contribution in [0.2, 0.25) is 0 Å². The minimum atomic E-state index is -1.73. The van der Waals surface area contributed by atoms with Gasteiger partial charge in [0.1, 0.15) is 23.3 Å². The number of hydrogen-bond acceptors (Lipinski definition) is 0. The number of aryl methyl sites for hydroxylation is 1. The Balaban J connectivity index is 1.72. The maximum absolute atomic E-state index is 15.2. The van der Waals surface area contributed by atoms with E-state index in [2.05, 4.69) is 0 Å². The molecule has 0 bridgehead atoms. The van der Waals surface area contributed by atoms with Crippen molar-refractivity contribution in [3.8, 4) is 11.1 Å². The van der Waals surface area contributed by atoms with E-state index >= 15 is 4.39 Å². The van der Waals surface area contributed by atoms with Gasteiger partial charge in [0.05, 0.1) is 5.56 Å². The van der Waals surface area contributed by atoms with Crippen LogP contribution in [0.5, 0.6) is 0 Å². The zero-order chi connectivity index (χ0) is 23.2. The van der Waals surface area contributed by atoms with E-state index in [1.165, 1.54) is 12.1 Å². The van der Waals surface area contributed by atoms with E-state index in [9.17, 15) is 26.3 Å².